The van der Waals surface area contributed by atoms with E-state index in [2.05, 4.69) is 33.2 Å². The van der Waals surface area contributed by atoms with Crippen LogP contribution in [0, 0.1) is 0 Å². The second-order valence-corrected chi connectivity index (χ2v) is 5.34. The smallest absolute Gasteiger partial charge is 0.269 e. The fourth-order valence-electron chi connectivity index (χ4n) is 1.42. The minimum absolute atomic E-state index is 0.0735. The number of rotatable bonds is 4. The summed E-state index contributed by atoms with van der Waals surface area (Å²) in [6.45, 7) is 4.05. The predicted octanol–water partition coefficient (Wildman–Crippen LogP) is 1.71. The molecule has 0 aliphatic carbocycles. The first-order valence-corrected chi connectivity index (χ1v) is 5.83. The van der Waals surface area contributed by atoms with Crippen LogP contribution in [0.3, 0.4) is 0 Å². The van der Waals surface area contributed by atoms with Gasteiger partial charge < -0.3 is 9.88 Å². The third-order valence-electron chi connectivity index (χ3n) is 2.11. The van der Waals surface area contributed by atoms with Crippen LogP contribution in [-0.2, 0) is 7.05 Å². The Morgan fingerprint density at radius 1 is 1.67 bits per heavy atom. The summed E-state index contributed by atoms with van der Waals surface area (Å²) in [6.07, 6.45) is 4.09. The van der Waals surface area contributed by atoms with Crippen molar-refractivity contribution in [2.24, 2.45) is 7.05 Å². The van der Waals surface area contributed by atoms with Gasteiger partial charge >= 0.3 is 0 Å². The van der Waals surface area contributed by atoms with E-state index in [1.807, 2.05) is 6.92 Å². The molecule has 1 amide bonds. The van der Waals surface area contributed by atoms with Crippen molar-refractivity contribution in [3.63, 3.8) is 0 Å². The molecular formula is C10H16BrN3O. The van der Waals surface area contributed by atoms with E-state index in [4.69, 9.17) is 0 Å². The van der Waals surface area contributed by atoms with Gasteiger partial charge in [0.2, 0.25) is 0 Å². The van der Waals surface area contributed by atoms with Crippen LogP contribution in [0.25, 0.3) is 0 Å². The Balaban J connectivity index is 2.53. The van der Waals surface area contributed by atoms with Crippen LogP contribution in [0.2, 0.25) is 0 Å². The van der Waals surface area contributed by atoms with Crippen LogP contribution in [0.1, 0.15) is 30.8 Å². The zero-order valence-corrected chi connectivity index (χ0v) is 10.8. The number of nitrogens with zero attached hydrogens (tertiary/aromatic N) is 2. The summed E-state index contributed by atoms with van der Waals surface area (Å²) in [4.78, 5) is 16.0. The Kier molecular flexibility index (Phi) is 4.32. The van der Waals surface area contributed by atoms with Gasteiger partial charge in [-0.05, 0) is 13.3 Å². The summed E-state index contributed by atoms with van der Waals surface area (Å²) in [5.74, 6) is -0.0735. The van der Waals surface area contributed by atoms with Gasteiger partial charge in [0.1, 0.15) is 5.69 Å². The average molecular weight is 274 g/mol. The zero-order valence-electron chi connectivity index (χ0n) is 9.20. The van der Waals surface area contributed by atoms with Gasteiger partial charge in [-0.3, -0.25) is 4.79 Å². The first kappa shape index (κ1) is 12.2. The highest BCUT2D eigenvalue weighted by Gasteiger charge is 2.13. The lowest BCUT2D eigenvalue weighted by Crippen LogP contribution is -2.34. The summed E-state index contributed by atoms with van der Waals surface area (Å²) < 4.78 is 1.71. The van der Waals surface area contributed by atoms with Crippen LogP contribution in [0.15, 0.2) is 12.5 Å². The molecule has 0 radical (unpaired) electrons. The van der Waals surface area contributed by atoms with E-state index >= 15 is 0 Å². The Bertz CT molecular complexity index is 335. The zero-order chi connectivity index (χ0) is 11.4. The molecule has 15 heavy (non-hydrogen) atoms. The van der Waals surface area contributed by atoms with Crippen molar-refractivity contribution in [3.8, 4) is 0 Å². The van der Waals surface area contributed by atoms with Crippen molar-refractivity contribution in [2.75, 3.05) is 0 Å². The lowest BCUT2D eigenvalue weighted by molar-refractivity contribution is 0.0930. The monoisotopic (exact) mass is 273 g/mol. The predicted molar refractivity (Wildman–Crippen MR) is 63.1 cm³/mol. The largest absolute Gasteiger partial charge is 0.348 e. The lowest BCUT2D eigenvalue weighted by Gasteiger charge is -2.14. The summed E-state index contributed by atoms with van der Waals surface area (Å²) in [5.41, 5.74) is 0.587. The van der Waals surface area contributed by atoms with Gasteiger partial charge in [0, 0.05) is 17.9 Å². The summed E-state index contributed by atoms with van der Waals surface area (Å²) >= 11 is 3.46. The second kappa shape index (κ2) is 5.30. The van der Waals surface area contributed by atoms with Crippen LogP contribution in [0.5, 0.6) is 0 Å². The van der Waals surface area contributed by atoms with Crippen molar-refractivity contribution in [1.29, 1.82) is 0 Å². The maximum absolute atomic E-state index is 11.7. The van der Waals surface area contributed by atoms with E-state index in [1.54, 1.807) is 24.1 Å². The van der Waals surface area contributed by atoms with E-state index in [0.717, 1.165) is 6.42 Å². The Labute approximate surface area is 98.2 Å². The van der Waals surface area contributed by atoms with Crippen molar-refractivity contribution in [2.45, 2.75) is 31.1 Å². The van der Waals surface area contributed by atoms with E-state index in [1.165, 1.54) is 0 Å². The first-order chi connectivity index (χ1) is 7.00. The highest BCUT2D eigenvalue weighted by molar-refractivity contribution is 9.09. The molecule has 0 saturated carbocycles. The molecule has 1 aromatic heterocycles. The number of amides is 1. The molecule has 0 bridgehead atoms. The number of carbonyl (C=O) groups is 1. The fraction of sp³-hybridized carbons (Fsp3) is 0.600. The van der Waals surface area contributed by atoms with Crippen molar-refractivity contribution in [3.05, 3.63) is 18.2 Å². The molecule has 0 aliphatic heterocycles. The van der Waals surface area contributed by atoms with E-state index in [0.29, 0.717) is 10.5 Å². The molecule has 0 aliphatic rings. The SMILES string of the molecule is CC(Br)CC(C)NC(=O)c1cncn1C. The molecular weight excluding hydrogens is 258 g/mol. The number of alkyl halides is 1. The summed E-state index contributed by atoms with van der Waals surface area (Å²) in [6, 6.07) is 0.154. The van der Waals surface area contributed by atoms with Gasteiger partial charge in [-0.2, -0.15) is 0 Å². The molecule has 0 aromatic carbocycles. The number of hydrogen-bond acceptors (Lipinski definition) is 2. The number of hydrogen-bond donors (Lipinski definition) is 1. The van der Waals surface area contributed by atoms with Crippen LogP contribution >= 0.6 is 15.9 Å². The van der Waals surface area contributed by atoms with Gasteiger partial charge in [-0.1, -0.05) is 22.9 Å². The Morgan fingerprint density at radius 2 is 2.33 bits per heavy atom. The molecule has 0 spiro atoms. The van der Waals surface area contributed by atoms with Crippen molar-refractivity contribution >= 4 is 21.8 Å². The van der Waals surface area contributed by atoms with Gasteiger partial charge in [-0.15, -0.1) is 0 Å². The number of halogens is 1. The highest BCUT2D eigenvalue weighted by Crippen LogP contribution is 2.07. The maximum Gasteiger partial charge on any atom is 0.269 e. The normalized spacial score (nSPS) is 14.7. The molecule has 0 fully saturated rings. The molecule has 1 N–H and O–H groups in total. The van der Waals surface area contributed by atoms with Gasteiger partial charge in [-0.25, -0.2) is 4.98 Å². The second-order valence-electron chi connectivity index (χ2n) is 3.78. The molecule has 1 aromatic rings. The molecule has 4 nitrogen and oxygen atoms in total. The number of carbonyl (C=O) groups excluding carboxylic acids is 1. The summed E-state index contributed by atoms with van der Waals surface area (Å²) in [7, 11) is 1.81. The van der Waals surface area contributed by atoms with Crippen molar-refractivity contribution in [1.82, 2.24) is 14.9 Å². The molecule has 2 atom stereocenters. The van der Waals surface area contributed by atoms with E-state index in [9.17, 15) is 4.79 Å². The van der Waals surface area contributed by atoms with E-state index in [-0.39, 0.29) is 11.9 Å². The Hall–Kier alpha value is -0.840. The minimum atomic E-state index is -0.0735. The lowest BCUT2D eigenvalue weighted by atomic mass is 10.2. The quantitative estimate of drug-likeness (QED) is 0.850. The molecule has 1 heterocycles. The van der Waals surface area contributed by atoms with Crippen LogP contribution in [0.4, 0.5) is 0 Å². The van der Waals surface area contributed by atoms with E-state index < -0.39 is 0 Å². The third-order valence-corrected chi connectivity index (χ3v) is 2.48. The first-order valence-electron chi connectivity index (χ1n) is 4.92. The number of aryl methyl sites for hydroxylation is 1. The van der Waals surface area contributed by atoms with Crippen LogP contribution < -0.4 is 5.32 Å². The average Bonchev–Trinajstić information content (AvgIpc) is 2.49. The third kappa shape index (κ3) is 3.66. The molecule has 1 rings (SSSR count). The van der Waals surface area contributed by atoms with Crippen LogP contribution in [-0.4, -0.2) is 26.3 Å². The fourth-order valence-corrected chi connectivity index (χ4v) is 1.98. The summed E-state index contributed by atoms with van der Waals surface area (Å²) in [5, 5.41) is 2.92. The van der Waals surface area contributed by atoms with Crippen molar-refractivity contribution < 1.29 is 4.79 Å². The van der Waals surface area contributed by atoms with Gasteiger partial charge in [0.05, 0.1) is 12.5 Å². The molecule has 2 unspecified atom stereocenters. The highest BCUT2D eigenvalue weighted by atomic mass is 79.9. The molecule has 84 valence electrons. The molecule has 5 heteroatoms. The van der Waals surface area contributed by atoms with Gasteiger partial charge in [0.25, 0.3) is 5.91 Å². The van der Waals surface area contributed by atoms with Gasteiger partial charge in [0.15, 0.2) is 0 Å². The minimum Gasteiger partial charge on any atom is -0.348 e. The molecule has 0 saturated heterocycles. The number of nitrogens with one attached hydrogen (secondary N) is 1. The standard InChI is InChI=1S/C10H16BrN3O/c1-7(11)4-8(2)13-10(15)9-5-12-6-14(9)3/h5-8H,4H2,1-3H3,(H,13,15). The number of aromatic nitrogens is 2. The maximum atomic E-state index is 11.7. The topological polar surface area (TPSA) is 46.9 Å². The Morgan fingerprint density at radius 3 is 2.80 bits per heavy atom. The number of imidazole rings is 1.